The van der Waals surface area contributed by atoms with Crippen LogP contribution in [-0.2, 0) is 17.9 Å². The van der Waals surface area contributed by atoms with Gasteiger partial charge in [-0.15, -0.1) is 0 Å². The Morgan fingerprint density at radius 3 is 2.31 bits per heavy atom. The number of amides is 1. The molecule has 1 aliphatic rings. The number of carbonyl (C=O) groups excluding carboxylic acids is 1. The van der Waals surface area contributed by atoms with Crippen molar-refractivity contribution >= 4 is 5.91 Å². The van der Waals surface area contributed by atoms with Gasteiger partial charge in [0.05, 0.1) is 19.1 Å². The van der Waals surface area contributed by atoms with Crippen LogP contribution in [0.15, 0.2) is 84.9 Å². The van der Waals surface area contributed by atoms with Crippen LogP contribution in [0.5, 0.6) is 5.75 Å². The second kappa shape index (κ2) is 11.0. The molecule has 3 aromatic carbocycles. The lowest BCUT2D eigenvalue weighted by Crippen LogP contribution is -3.11. The van der Waals surface area contributed by atoms with Gasteiger partial charge in [0.1, 0.15) is 18.9 Å². The second-order valence-electron chi connectivity index (χ2n) is 8.76. The first-order chi connectivity index (χ1) is 15.7. The highest BCUT2D eigenvalue weighted by atomic mass is 16.5. The molecule has 32 heavy (non-hydrogen) atoms. The first kappa shape index (κ1) is 22.1. The van der Waals surface area contributed by atoms with E-state index in [1.54, 1.807) is 0 Å². The molecular formula is C28H33N2O2+. The van der Waals surface area contributed by atoms with E-state index in [0.29, 0.717) is 6.61 Å². The maximum Gasteiger partial charge on any atom is 0.224 e. The van der Waals surface area contributed by atoms with Gasteiger partial charge in [0, 0.05) is 24.3 Å². The summed E-state index contributed by atoms with van der Waals surface area (Å²) in [6.07, 6.45) is 1.87. The van der Waals surface area contributed by atoms with E-state index >= 15 is 0 Å². The minimum absolute atomic E-state index is 0.0488. The Labute approximate surface area is 191 Å². The molecule has 0 aromatic heterocycles. The van der Waals surface area contributed by atoms with Crippen molar-refractivity contribution in [2.24, 2.45) is 5.92 Å². The largest absolute Gasteiger partial charge is 0.489 e. The molecule has 0 bridgehead atoms. The van der Waals surface area contributed by atoms with Crippen molar-refractivity contribution in [2.45, 2.75) is 39.0 Å². The lowest BCUT2D eigenvalue weighted by molar-refractivity contribution is -0.919. The van der Waals surface area contributed by atoms with Crippen molar-refractivity contribution < 1.29 is 14.4 Å². The Bertz CT molecular complexity index is 983. The molecule has 4 rings (SSSR count). The van der Waals surface area contributed by atoms with Crippen LogP contribution in [0.3, 0.4) is 0 Å². The molecule has 4 nitrogen and oxygen atoms in total. The quantitative estimate of drug-likeness (QED) is 0.570. The average Bonchev–Trinajstić information content (AvgIpc) is 2.84. The van der Waals surface area contributed by atoms with E-state index in [1.807, 2.05) is 42.5 Å². The number of quaternary nitrogens is 1. The fraction of sp³-hybridized carbons (Fsp3) is 0.321. The molecule has 1 fully saturated rings. The molecule has 0 aliphatic carbocycles. The van der Waals surface area contributed by atoms with E-state index in [-0.39, 0.29) is 17.9 Å². The lowest BCUT2D eigenvalue weighted by Gasteiger charge is -2.29. The van der Waals surface area contributed by atoms with E-state index < -0.39 is 0 Å². The molecule has 0 unspecified atom stereocenters. The van der Waals surface area contributed by atoms with Crippen LogP contribution in [0, 0.1) is 5.92 Å². The number of ether oxygens (including phenoxy) is 1. The Morgan fingerprint density at radius 1 is 0.938 bits per heavy atom. The maximum atomic E-state index is 12.7. The van der Waals surface area contributed by atoms with E-state index in [0.717, 1.165) is 43.8 Å². The fourth-order valence-electron chi connectivity index (χ4n) is 4.40. The molecule has 0 spiro atoms. The third kappa shape index (κ3) is 6.21. The third-order valence-electron chi connectivity index (χ3n) is 6.32. The van der Waals surface area contributed by atoms with Crippen molar-refractivity contribution in [1.82, 2.24) is 5.32 Å². The predicted molar refractivity (Wildman–Crippen MR) is 127 cm³/mol. The number of carbonyl (C=O) groups is 1. The molecule has 3 aromatic rings. The molecule has 1 amide bonds. The van der Waals surface area contributed by atoms with Gasteiger partial charge in [-0.25, -0.2) is 0 Å². The first-order valence-corrected chi connectivity index (χ1v) is 11.6. The fourth-order valence-corrected chi connectivity index (χ4v) is 4.40. The van der Waals surface area contributed by atoms with E-state index in [2.05, 4.69) is 54.7 Å². The summed E-state index contributed by atoms with van der Waals surface area (Å²) in [5.74, 6) is 1.22. The highest BCUT2D eigenvalue weighted by Gasteiger charge is 2.28. The van der Waals surface area contributed by atoms with Crippen LogP contribution in [0.2, 0.25) is 0 Å². The van der Waals surface area contributed by atoms with Crippen molar-refractivity contribution in [1.29, 1.82) is 0 Å². The highest BCUT2D eigenvalue weighted by Crippen LogP contribution is 2.17. The maximum absolute atomic E-state index is 12.7. The van der Waals surface area contributed by atoms with Crippen LogP contribution >= 0.6 is 0 Å². The zero-order valence-electron chi connectivity index (χ0n) is 18.8. The Balaban J connectivity index is 1.24. The minimum Gasteiger partial charge on any atom is -0.489 e. The van der Waals surface area contributed by atoms with E-state index in [1.165, 1.54) is 16.0 Å². The monoisotopic (exact) mass is 429 g/mol. The Hall–Kier alpha value is -3.11. The third-order valence-corrected chi connectivity index (χ3v) is 6.32. The number of nitrogens with one attached hydrogen (secondary N) is 2. The number of benzene rings is 3. The second-order valence-corrected chi connectivity index (χ2v) is 8.76. The summed E-state index contributed by atoms with van der Waals surface area (Å²) in [7, 11) is 0. The van der Waals surface area contributed by atoms with Gasteiger partial charge in [0.2, 0.25) is 5.91 Å². The smallest absolute Gasteiger partial charge is 0.224 e. The van der Waals surface area contributed by atoms with Crippen LogP contribution < -0.4 is 15.0 Å². The molecule has 1 aliphatic heterocycles. The van der Waals surface area contributed by atoms with Crippen molar-refractivity contribution in [3.05, 3.63) is 102 Å². The molecule has 4 heteroatoms. The first-order valence-electron chi connectivity index (χ1n) is 11.6. The summed E-state index contributed by atoms with van der Waals surface area (Å²) in [4.78, 5) is 14.3. The minimum atomic E-state index is 0.0488. The van der Waals surface area contributed by atoms with Gasteiger partial charge >= 0.3 is 0 Å². The molecular weight excluding hydrogens is 396 g/mol. The topological polar surface area (TPSA) is 42.8 Å². The van der Waals surface area contributed by atoms with E-state index in [4.69, 9.17) is 4.74 Å². The van der Waals surface area contributed by atoms with Gasteiger partial charge in [-0.05, 0) is 30.2 Å². The van der Waals surface area contributed by atoms with Gasteiger partial charge < -0.3 is 15.0 Å². The molecule has 1 heterocycles. The summed E-state index contributed by atoms with van der Waals surface area (Å²) >= 11 is 0. The lowest BCUT2D eigenvalue weighted by atomic mass is 9.95. The summed E-state index contributed by atoms with van der Waals surface area (Å²) < 4.78 is 5.98. The molecule has 0 saturated carbocycles. The molecule has 1 atom stereocenters. The van der Waals surface area contributed by atoms with Crippen LogP contribution in [0.1, 0.15) is 42.5 Å². The number of likely N-dealkylation sites (tertiary alicyclic amines) is 1. The normalized spacial score (nSPS) is 19.2. The van der Waals surface area contributed by atoms with Crippen molar-refractivity contribution in [3.8, 4) is 5.75 Å². The predicted octanol–water partition coefficient (Wildman–Crippen LogP) is 3.94. The summed E-state index contributed by atoms with van der Waals surface area (Å²) in [6.45, 7) is 5.65. The SMILES string of the molecule is C[C@H](NC(=O)C1CC[NH+](Cc2cccc(OCc3ccccc3)c2)CC1)c1ccccc1. The summed E-state index contributed by atoms with van der Waals surface area (Å²) in [6, 6.07) is 28.9. The van der Waals surface area contributed by atoms with Crippen LogP contribution in [0.25, 0.3) is 0 Å². The van der Waals surface area contributed by atoms with Gasteiger partial charge in [-0.1, -0.05) is 72.8 Å². The van der Waals surface area contributed by atoms with Crippen LogP contribution in [-0.4, -0.2) is 19.0 Å². The molecule has 2 N–H and O–H groups in total. The Kier molecular flexibility index (Phi) is 7.57. The van der Waals surface area contributed by atoms with Gasteiger partial charge in [-0.3, -0.25) is 4.79 Å². The number of rotatable bonds is 8. The molecule has 1 saturated heterocycles. The van der Waals surface area contributed by atoms with Crippen molar-refractivity contribution in [2.75, 3.05) is 13.1 Å². The molecule has 166 valence electrons. The number of hydrogen-bond acceptors (Lipinski definition) is 2. The summed E-state index contributed by atoms with van der Waals surface area (Å²) in [5.41, 5.74) is 3.61. The number of piperidine rings is 1. The Morgan fingerprint density at radius 2 is 1.59 bits per heavy atom. The van der Waals surface area contributed by atoms with Gasteiger partial charge in [0.25, 0.3) is 0 Å². The highest BCUT2D eigenvalue weighted by molar-refractivity contribution is 5.79. The van der Waals surface area contributed by atoms with Crippen molar-refractivity contribution in [3.63, 3.8) is 0 Å². The van der Waals surface area contributed by atoms with Gasteiger partial charge in [-0.2, -0.15) is 0 Å². The van der Waals surface area contributed by atoms with E-state index in [9.17, 15) is 4.79 Å². The van der Waals surface area contributed by atoms with Gasteiger partial charge in [0.15, 0.2) is 0 Å². The standard InChI is InChI=1S/C28H32N2O2/c1-22(25-12-6-3-7-13-25)29-28(31)26-15-17-30(18-16-26)20-24-11-8-14-27(19-24)32-21-23-9-4-2-5-10-23/h2-14,19,22,26H,15-18,20-21H2,1H3,(H,29,31)/p+1/t22-/m0/s1. The zero-order valence-corrected chi connectivity index (χ0v) is 18.8. The number of hydrogen-bond donors (Lipinski definition) is 2. The molecule has 0 radical (unpaired) electrons. The van der Waals surface area contributed by atoms with Crippen LogP contribution in [0.4, 0.5) is 0 Å². The average molecular weight is 430 g/mol. The zero-order chi connectivity index (χ0) is 22.2. The summed E-state index contributed by atoms with van der Waals surface area (Å²) in [5, 5.41) is 3.20.